The summed E-state index contributed by atoms with van der Waals surface area (Å²) in [6.45, 7) is 2.95. The van der Waals surface area contributed by atoms with Gasteiger partial charge >= 0.3 is 0 Å². The smallest absolute Gasteiger partial charge is 0.257 e. The minimum Gasteiger partial charge on any atom is -0.493 e. The molecular formula is C19H20N4O3. The highest BCUT2D eigenvalue weighted by Crippen LogP contribution is 2.28. The number of rotatable bonds is 7. The SMILES string of the molecule is CCOc1ccc(C(=O)Nc2ccn(Cc3ccccn3)n2)cc1OC. The lowest BCUT2D eigenvalue weighted by Crippen LogP contribution is -2.13. The molecule has 0 aliphatic heterocycles. The number of anilines is 1. The second kappa shape index (κ2) is 8.15. The summed E-state index contributed by atoms with van der Waals surface area (Å²) in [6, 6.07) is 12.5. The van der Waals surface area contributed by atoms with Gasteiger partial charge in [0.2, 0.25) is 0 Å². The van der Waals surface area contributed by atoms with Crippen LogP contribution in [0, 0.1) is 0 Å². The van der Waals surface area contributed by atoms with Gasteiger partial charge in [-0.25, -0.2) is 0 Å². The number of amides is 1. The summed E-state index contributed by atoms with van der Waals surface area (Å²) in [6.07, 6.45) is 3.53. The first-order valence-corrected chi connectivity index (χ1v) is 8.25. The van der Waals surface area contributed by atoms with Crippen molar-refractivity contribution in [3.63, 3.8) is 0 Å². The van der Waals surface area contributed by atoms with E-state index in [9.17, 15) is 4.79 Å². The second-order valence-corrected chi connectivity index (χ2v) is 5.47. The highest BCUT2D eigenvalue weighted by Gasteiger charge is 2.12. The van der Waals surface area contributed by atoms with Gasteiger partial charge in [-0.05, 0) is 37.3 Å². The average Bonchev–Trinajstić information content (AvgIpc) is 3.09. The summed E-state index contributed by atoms with van der Waals surface area (Å²) < 4.78 is 12.5. The van der Waals surface area contributed by atoms with Gasteiger partial charge in [0.25, 0.3) is 5.91 Å². The topological polar surface area (TPSA) is 78.3 Å². The molecule has 0 spiro atoms. The van der Waals surface area contributed by atoms with E-state index in [-0.39, 0.29) is 5.91 Å². The normalized spacial score (nSPS) is 10.4. The van der Waals surface area contributed by atoms with Crippen molar-refractivity contribution in [3.05, 3.63) is 66.1 Å². The van der Waals surface area contributed by atoms with E-state index in [4.69, 9.17) is 9.47 Å². The number of nitrogens with zero attached hydrogens (tertiary/aromatic N) is 3. The Morgan fingerprint density at radius 1 is 1.19 bits per heavy atom. The Balaban J connectivity index is 1.68. The van der Waals surface area contributed by atoms with Crippen molar-refractivity contribution in [3.8, 4) is 11.5 Å². The molecule has 0 radical (unpaired) electrons. The van der Waals surface area contributed by atoms with E-state index < -0.39 is 0 Å². The first kappa shape index (κ1) is 17.5. The Bertz CT molecular complexity index is 878. The van der Waals surface area contributed by atoms with Crippen LogP contribution in [0.1, 0.15) is 23.0 Å². The average molecular weight is 352 g/mol. The van der Waals surface area contributed by atoms with Crippen LogP contribution in [0.5, 0.6) is 11.5 Å². The van der Waals surface area contributed by atoms with Crippen molar-refractivity contribution in [2.45, 2.75) is 13.5 Å². The first-order chi connectivity index (χ1) is 12.7. The maximum atomic E-state index is 12.4. The molecule has 0 saturated carbocycles. The number of ether oxygens (including phenoxy) is 2. The molecule has 3 aromatic rings. The van der Waals surface area contributed by atoms with Crippen molar-refractivity contribution in [1.82, 2.24) is 14.8 Å². The molecule has 0 fully saturated rings. The molecule has 0 atom stereocenters. The summed E-state index contributed by atoms with van der Waals surface area (Å²) in [7, 11) is 1.54. The largest absolute Gasteiger partial charge is 0.493 e. The number of carbonyl (C=O) groups excluding carboxylic acids is 1. The van der Waals surface area contributed by atoms with Gasteiger partial charge < -0.3 is 14.8 Å². The molecule has 134 valence electrons. The number of pyridine rings is 1. The zero-order valence-corrected chi connectivity index (χ0v) is 14.7. The van der Waals surface area contributed by atoms with Gasteiger partial charge in [0.15, 0.2) is 17.3 Å². The van der Waals surface area contributed by atoms with Crippen molar-refractivity contribution < 1.29 is 14.3 Å². The van der Waals surface area contributed by atoms with E-state index >= 15 is 0 Å². The van der Waals surface area contributed by atoms with Gasteiger partial charge in [-0.1, -0.05) is 6.07 Å². The van der Waals surface area contributed by atoms with Gasteiger partial charge in [-0.2, -0.15) is 5.10 Å². The number of benzene rings is 1. The molecule has 2 aromatic heterocycles. The molecule has 0 unspecified atom stereocenters. The Labute approximate surface area is 151 Å². The third-order valence-electron chi connectivity index (χ3n) is 3.66. The zero-order valence-electron chi connectivity index (χ0n) is 14.7. The number of nitrogens with one attached hydrogen (secondary N) is 1. The molecular weight excluding hydrogens is 332 g/mol. The minimum atomic E-state index is -0.269. The third kappa shape index (κ3) is 4.18. The molecule has 7 heteroatoms. The molecule has 3 rings (SSSR count). The molecule has 1 amide bonds. The van der Waals surface area contributed by atoms with Crippen LogP contribution in [0.2, 0.25) is 0 Å². The molecule has 1 N–H and O–H groups in total. The fraction of sp³-hybridized carbons (Fsp3) is 0.211. The first-order valence-electron chi connectivity index (χ1n) is 8.25. The Morgan fingerprint density at radius 3 is 2.81 bits per heavy atom. The molecule has 0 aliphatic carbocycles. The summed E-state index contributed by atoms with van der Waals surface area (Å²) in [5.74, 6) is 1.32. The van der Waals surface area contributed by atoms with Gasteiger partial charge in [0.1, 0.15) is 0 Å². The van der Waals surface area contributed by atoms with E-state index in [2.05, 4.69) is 15.4 Å². The number of carbonyl (C=O) groups is 1. The van der Waals surface area contributed by atoms with E-state index in [0.29, 0.717) is 36.0 Å². The monoisotopic (exact) mass is 352 g/mol. The fourth-order valence-corrected chi connectivity index (χ4v) is 2.45. The van der Waals surface area contributed by atoms with Crippen LogP contribution < -0.4 is 14.8 Å². The second-order valence-electron chi connectivity index (χ2n) is 5.47. The van der Waals surface area contributed by atoms with Crippen molar-refractivity contribution >= 4 is 11.7 Å². The van der Waals surface area contributed by atoms with E-state index in [1.165, 1.54) is 0 Å². The van der Waals surface area contributed by atoms with E-state index in [0.717, 1.165) is 5.69 Å². The highest BCUT2D eigenvalue weighted by molar-refractivity contribution is 6.04. The Kier molecular flexibility index (Phi) is 5.48. The number of hydrogen-bond donors (Lipinski definition) is 1. The Morgan fingerprint density at radius 2 is 2.08 bits per heavy atom. The van der Waals surface area contributed by atoms with E-state index in [1.54, 1.807) is 48.5 Å². The van der Waals surface area contributed by atoms with Crippen LogP contribution in [0.3, 0.4) is 0 Å². The van der Waals surface area contributed by atoms with Gasteiger partial charge in [0.05, 0.1) is 26.0 Å². The molecule has 0 aliphatic rings. The van der Waals surface area contributed by atoms with Crippen molar-refractivity contribution in [2.75, 3.05) is 19.0 Å². The van der Waals surface area contributed by atoms with Crippen molar-refractivity contribution in [2.24, 2.45) is 0 Å². The fourth-order valence-electron chi connectivity index (χ4n) is 2.45. The zero-order chi connectivity index (χ0) is 18.4. The molecule has 0 bridgehead atoms. The van der Waals surface area contributed by atoms with Crippen LogP contribution in [0.15, 0.2) is 54.9 Å². The maximum Gasteiger partial charge on any atom is 0.257 e. The standard InChI is InChI=1S/C19H20N4O3/c1-3-26-16-8-7-14(12-17(16)25-2)19(24)21-18-9-11-23(22-18)13-15-6-4-5-10-20-15/h4-12H,3,13H2,1-2H3,(H,21,22,24). The Hall–Kier alpha value is -3.35. The summed E-state index contributed by atoms with van der Waals surface area (Å²) in [5.41, 5.74) is 1.36. The van der Waals surface area contributed by atoms with Crippen molar-refractivity contribution in [1.29, 1.82) is 0 Å². The van der Waals surface area contributed by atoms with Gasteiger partial charge in [-0.15, -0.1) is 0 Å². The maximum absolute atomic E-state index is 12.4. The van der Waals surface area contributed by atoms with Gasteiger partial charge in [-0.3, -0.25) is 14.5 Å². The summed E-state index contributed by atoms with van der Waals surface area (Å²) >= 11 is 0. The lowest BCUT2D eigenvalue weighted by Gasteiger charge is -2.10. The molecule has 1 aromatic carbocycles. The molecule has 2 heterocycles. The molecule has 7 nitrogen and oxygen atoms in total. The number of aromatic nitrogens is 3. The lowest BCUT2D eigenvalue weighted by atomic mass is 10.2. The quantitative estimate of drug-likeness (QED) is 0.707. The number of hydrogen-bond acceptors (Lipinski definition) is 5. The number of methoxy groups -OCH3 is 1. The predicted molar refractivity (Wildman–Crippen MR) is 97.7 cm³/mol. The van der Waals surface area contributed by atoms with Gasteiger partial charge in [0, 0.05) is 24.0 Å². The lowest BCUT2D eigenvalue weighted by molar-refractivity contribution is 0.102. The summed E-state index contributed by atoms with van der Waals surface area (Å²) in [4.78, 5) is 16.7. The van der Waals surface area contributed by atoms with Crippen LogP contribution in [-0.4, -0.2) is 34.4 Å². The third-order valence-corrected chi connectivity index (χ3v) is 3.66. The van der Waals surface area contributed by atoms with Crippen LogP contribution in [0.25, 0.3) is 0 Å². The predicted octanol–water partition coefficient (Wildman–Crippen LogP) is 2.99. The van der Waals surface area contributed by atoms with Crippen LogP contribution in [-0.2, 0) is 6.54 Å². The summed E-state index contributed by atoms with van der Waals surface area (Å²) in [5, 5.41) is 7.13. The highest BCUT2D eigenvalue weighted by atomic mass is 16.5. The minimum absolute atomic E-state index is 0.269. The molecule has 0 saturated heterocycles. The van der Waals surface area contributed by atoms with Crippen LogP contribution >= 0.6 is 0 Å². The molecule has 26 heavy (non-hydrogen) atoms. The van der Waals surface area contributed by atoms with Crippen LogP contribution in [0.4, 0.5) is 5.82 Å². The van der Waals surface area contributed by atoms with E-state index in [1.807, 2.05) is 25.1 Å².